The van der Waals surface area contributed by atoms with Gasteiger partial charge in [0, 0.05) is 15.1 Å². The third-order valence-electron chi connectivity index (χ3n) is 2.96. The summed E-state index contributed by atoms with van der Waals surface area (Å²) in [6.45, 7) is 0. The largest absolute Gasteiger partial charge is 0.223 e. The Morgan fingerprint density at radius 2 is 1.65 bits per heavy atom. The summed E-state index contributed by atoms with van der Waals surface area (Å²) in [6.07, 6.45) is 1.24. The molecule has 0 spiro atoms. The van der Waals surface area contributed by atoms with E-state index < -0.39 is 9.84 Å². The lowest BCUT2D eigenvalue weighted by Gasteiger charge is -2.05. The molecule has 0 aliphatic heterocycles. The standard InChI is InChI=1S/C16H10Cl3NO2S/c17-13-4-1-11(2-5-13)10-23(21,22)15(9-20)7-12-3-6-14(18)8-16(12)19/h1-8H,10H2. The van der Waals surface area contributed by atoms with Crippen LogP contribution in [0.2, 0.25) is 15.1 Å². The second-order valence-corrected chi connectivity index (χ2v) is 7.91. The zero-order valence-corrected chi connectivity index (χ0v) is 14.7. The van der Waals surface area contributed by atoms with Gasteiger partial charge < -0.3 is 0 Å². The predicted octanol–water partition coefficient (Wildman–Crippen LogP) is 5.13. The van der Waals surface area contributed by atoms with Crippen LogP contribution in [0.15, 0.2) is 47.4 Å². The Hall–Kier alpha value is -1.51. The van der Waals surface area contributed by atoms with E-state index in [2.05, 4.69) is 0 Å². The molecule has 2 aromatic rings. The van der Waals surface area contributed by atoms with E-state index in [1.807, 2.05) is 0 Å². The number of hydrogen-bond donors (Lipinski definition) is 0. The zero-order valence-electron chi connectivity index (χ0n) is 11.6. The van der Waals surface area contributed by atoms with Gasteiger partial charge in [0.25, 0.3) is 0 Å². The maximum atomic E-state index is 12.4. The Labute approximate surface area is 149 Å². The van der Waals surface area contributed by atoms with Crippen LogP contribution in [0, 0.1) is 11.3 Å². The van der Waals surface area contributed by atoms with Crippen LogP contribution in [-0.2, 0) is 15.6 Å². The molecule has 23 heavy (non-hydrogen) atoms. The molecule has 0 saturated heterocycles. The Morgan fingerprint density at radius 1 is 1.04 bits per heavy atom. The first-order valence-electron chi connectivity index (χ1n) is 6.36. The van der Waals surface area contributed by atoms with Crippen molar-refractivity contribution >= 4 is 50.7 Å². The van der Waals surface area contributed by atoms with Crippen LogP contribution < -0.4 is 0 Å². The molecule has 118 valence electrons. The van der Waals surface area contributed by atoms with Gasteiger partial charge in [-0.25, -0.2) is 8.42 Å². The third-order valence-corrected chi connectivity index (χ3v) is 5.37. The molecule has 0 saturated carbocycles. The van der Waals surface area contributed by atoms with E-state index in [1.54, 1.807) is 42.5 Å². The predicted molar refractivity (Wildman–Crippen MR) is 94.1 cm³/mol. The van der Waals surface area contributed by atoms with Crippen molar-refractivity contribution < 1.29 is 8.42 Å². The van der Waals surface area contributed by atoms with Gasteiger partial charge in [-0.1, -0.05) is 53.0 Å². The number of nitriles is 1. The lowest BCUT2D eigenvalue weighted by Crippen LogP contribution is -2.06. The van der Waals surface area contributed by atoms with Crippen molar-refractivity contribution in [2.75, 3.05) is 0 Å². The number of hydrogen-bond acceptors (Lipinski definition) is 3. The molecule has 0 aromatic heterocycles. The van der Waals surface area contributed by atoms with Crippen LogP contribution in [0.5, 0.6) is 0 Å². The quantitative estimate of drug-likeness (QED) is 0.685. The molecule has 7 heteroatoms. The van der Waals surface area contributed by atoms with Crippen LogP contribution in [0.3, 0.4) is 0 Å². The Morgan fingerprint density at radius 3 is 2.22 bits per heavy atom. The van der Waals surface area contributed by atoms with E-state index in [0.29, 0.717) is 21.2 Å². The van der Waals surface area contributed by atoms with Crippen molar-refractivity contribution in [3.63, 3.8) is 0 Å². The summed E-state index contributed by atoms with van der Waals surface area (Å²) < 4.78 is 24.8. The summed E-state index contributed by atoms with van der Waals surface area (Å²) in [5, 5.41) is 10.4. The minimum atomic E-state index is -3.80. The van der Waals surface area contributed by atoms with Gasteiger partial charge in [-0.15, -0.1) is 0 Å². The van der Waals surface area contributed by atoms with Gasteiger partial charge in [0.1, 0.15) is 11.0 Å². The summed E-state index contributed by atoms with van der Waals surface area (Å²) >= 11 is 17.6. The molecule has 0 unspecified atom stereocenters. The number of allylic oxidation sites excluding steroid dienone is 1. The second-order valence-electron chi connectivity index (χ2n) is 4.67. The highest BCUT2D eigenvalue weighted by Gasteiger charge is 2.19. The summed E-state index contributed by atoms with van der Waals surface area (Å²) in [5.74, 6) is -0.297. The fraction of sp³-hybridized carbons (Fsp3) is 0.0625. The molecule has 0 bridgehead atoms. The molecule has 3 nitrogen and oxygen atoms in total. The van der Waals surface area contributed by atoms with Crippen molar-refractivity contribution in [1.82, 2.24) is 0 Å². The van der Waals surface area contributed by atoms with Crippen molar-refractivity contribution in [3.8, 4) is 6.07 Å². The monoisotopic (exact) mass is 385 g/mol. The highest BCUT2D eigenvalue weighted by Crippen LogP contribution is 2.25. The minimum Gasteiger partial charge on any atom is -0.223 e. The van der Waals surface area contributed by atoms with E-state index in [9.17, 15) is 13.7 Å². The highest BCUT2D eigenvalue weighted by atomic mass is 35.5. The summed E-state index contributed by atoms with van der Waals surface area (Å²) in [4.78, 5) is -0.364. The van der Waals surface area contributed by atoms with Gasteiger partial charge >= 0.3 is 0 Å². The summed E-state index contributed by atoms with van der Waals surface area (Å²) in [6, 6.07) is 12.7. The highest BCUT2D eigenvalue weighted by molar-refractivity contribution is 7.95. The molecular weight excluding hydrogens is 377 g/mol. The van der Waals surface area contributed by atoms with Crippen LogP contribution in [0.4, 0.5) is 0 Å². The number of benzene rings is 2. The lowest BCUT2D eigenvalue weighted by atomic mass is 10.2. The number of rotatable bonds is 4. The lowest BCUT2D eigenvalue weighted by molar-refractivity contribution is 0.602. The molecule has 2 aromatic carbocycles. The Balaban J connectivity index is 2.37. The van der Waals surface area contributed by atoms with Crippen LogP contribution in [0.25, 0.3) is 6.08 Å². The summed E-state index contributed by atoms with van der Waals surface area (Å²) in [7, 11) is -3.80. The molecule has 0 aliphatic carbocycles. The molecule has 0 amide bonds. The number of halogens is 3. The third kappa shape index (κ3) is 4.73. The molecule has 0 aliphatic rings. The first-order chi connectivity index (χ1) is 10.8. The van der Waals surface area contributed by atoms with Gasteiger partial charge in [-0.05, 0) is 41.5 Å². The molecule has 0 fully saturated rings. The SMILES string of the molecule is N#CC(=Cc1ccc(Cl)cc1Cl)S(=O)(=O)Cc1ccc(Cl)cc1. The van der Waals surface area contributed by atoms with Gasteiger partial charge in [0.15, 0.2) is 9.84 Å². The van der Waals surface area contributed by atoms with Gasteiger partial charge in [-0.3, -0.25) is 0 Å². The normalized spacial score (nSPS) is 12.0. The molecule has 2 rings (SSSR count). The van der Waals surface area contributed by atoms with E-state index in [0.717, 1.165) is 0 Å². The van der Waals surface area contributed by atoms with Crippen LogP contribution in [-0.4, -0.2) is 8.42 Å². The fourth-order valence-electron chi connectivity index (χ4n) is 1.83. The smallest absolute Gasteiger partial charge is 0.192 e. The van der Waals surface area contributed by atoms with Gasteiger partial charge in [0.05, 0.1) is 5.75 Å². The topological polar surface area (TPSA) is 57.9 Å². The van der Waals surface area contributed by atoms with E-state index in [-0.39, 0.29) is 15.7 Å². The average molecular weight is 387 g/mol. The fourth-order valence-corrected chi connectivity index (χ4v) is 3.65. The molecule has 0 atom stereocenters. The van der Waals surface area contributed by atoms with Crippen molar-refractivity contribution in [2.45, 2.75) is 5.75 Å². The molecule has 0 heterocycles. The Bertz CT molecular complexity index is 898. The van der Waals surface area contributed by atoms with Crippen molar-refractivity contribution in [3.05, 3.63) is 73.6 Å². The first kappa shape index (κ1) is 17.8. The minimum absolute atomic E-state index is 0.270. The van der Waals surface area contributed by atoms with Crippen molar-refractivity contribution in [1.29, 1.82) is 5.26 Å². The van der Waals surface area contributed by atoms with Crippen LogP contribution >= 0.6 is 34.8 Å². The van der Waals surface area contributed by atoms with E-state index in [1.165, 1.54) is 12.1 Å². The first-order valence-corrected chi connectivity index (χ1v) is 9.14. The Kier molecular flexibility index (Phi) is 5.72. The van der Waals surface area contributed by atoms with E-state index >= 15 is 0 Å². The zero-order chi connectivity index (χ0) is 17.0. The molecular formula is C16H10Cl3NO2S. The van der Waals surface area contributed by atoms with Crippen LogP contribution in [0.1, 0.15) is 11.1 Å². The van der Waals surface area contributed by atoms with E-state index in [4.69, 9.17) is 34.8 Å². The second kappa shape index (κ2) is 7.37. The average Bonchev–Trinajstić information content (AvgIpc) is 2.48. The summed E-state index contributed by atoms with van der Waals surface area (Å²) in [5.41, 5.74) is 0.949. The molecule has 0 N–H and O–H groups in total. The maximum absolute atomic E-state index is 12.4. The van der Waals surface area contributed by atoms with Gasteiger partial charge in [0.2, 0.25) is 0 Å². The number of sulfone groups is 1. The van der Waals surface area contributed by atoms with Crippen molar-refractivity contribution in [2.24, 2.45) is 0 Å². The molecule has 0 radical (unpaired) electrons. The number of nitrogens with zero attached hydrogens (tertiary/aromatic N) is 1. The maximum Gasteiger partial charge on any atom is 0.192 e. The van der Waals surface area contributed by atoms with Gasteiger partial charge in [-0.2, -0.15) is 5.26 Å².